The summed E-state index contributed by atoms with van der Waals surface area (Å²) in [6.07, 6.45) is 5.64. The molecule has 2 N–H and O–H groups in total. The highest BCUT2D eigenvalue weighted by Crippen LogP contribution is 2.24. The number of hydrogen-bond acceptors (Lipinski definition) is 6. The average molecular weight is 442 g/mol. The summed E-state index contributed by atoms with van der Waals surface area (Å²) in [5, 5.41) is 10.4. The van der Waals surface area contributed by atoms with Crippen LogP contribution in [0.15, 0.2) is 28.6 Å². The summed E-state index contributed by atoms with van der Waals surface area (Å²) in [6.45, 7) is 10.1. The number of aryl methyl sites for hydroxylation is 1. The molecule has 0 radical (unpaired) electrons. The number of anilines is 2. The van der Waals surface area contributed by atoms with Crippen LogP contribution in [0.3, 0.4) is 0 Å². The third-order valence-corrected chi connectivity index (χ3v) is 6.88. The van der Waals surface area contributed by atoms with Gasteiger partial charge in [0.15, 0.2) is 11.1 Å². The molecule has 7 nitrogen and oxygen atoms in total. The van der Waals surface area contributed by atoms with Gasteiger partial charge in [-0.3, -0.25) is 4.99 Å². The van der Waals surface area contributed by atoms with Crippen molar-refractivity contribution in [3.8, 4) is 0 Å². The SMILES string of the molecule is CCNC(=NCCc1csc(N2CCCC2)n1)NC1CCN(c2cccc(C)n2)CC1. The summed E-state index contributed by atoms with van der Waals surface area (Å²) in [4.78, 5) is 19.1. The number of hydrogen-bond donors (Lipinski definition) is 2. The molecule has 2 fully saturated rings. The van der Waals surface area contributed by atoms with Crippen LogP contribution >= 0.6 is 11.3 Å². The molecule has 8 heteroatoms. The highest BCUT2D eigenvalue weighted by molar-refractivity contribution is 7.13. The molecule has 31 heavy (non-hydrogen) atoms. The third-order valence-electron chi connectivity index (χ3n) is 5.93. The molecule has 0 aromatic carbocycles. The van der Waals surface area contributed by atoms with Gasteiger partial charge in [0.05, 0.1) is 5.69 Å². The second-order valence-electron chi connectivity index (χ2n) is 8.37. The maximum absolute atomic E-state index is 4.82. The Morgan fingerprint density at radius 1 is 1.13 bits per heavy atom. The van der Waals surface area contributed by atoms with E-state index in [1.165, 1.54) is 18.0 Å². The fraction of sp³-hybridized carbons (Fsp3) is 0.609. The van der Waals surface area contributed by atoms with Gasteiger partial charge in [0.2, 0.25) is 0 Å². The number of guanidine groups is 1. The van der Waals surface area contributed by atoms with Gasteiger partial charge in [0, 0.05) is 62.8 Å². The first-order chi connectivity index (χ1) is 15.2. The van der Waals surface area contributed by atoms with Gasteiger partial charge in [0.25, 0.3) is 0 Å². The summed E-state index contributed by atoms with van der Waals surface area (Å²) < 4.78 is 0. The third kappa shape index (κ3) is 6.09. The predicted molar refractivity (Wildman–Crippen MR) is 131 cm³/mol. The zero-order valence-corrected chi connectivity index (χ0v) is 19.6. The Morgan fingerprint density at radius 3 is 2.68 bits per heavy atom. The zero-order valence-electron chi connectivity index (χ0n) is 18.8. The number of aromatic nitrogens is 2. The molecule has 0 saturated carbocycles. The lowest BCUT2D eigenvalue weighted by Crippen LogP contribution is -2.49. The molecular weight excluding hydrogens is 406 g/mol. The van der Waals surface area contributed by atoms with Gasteiger partial charge in [-0.15, -0.1) is 11.3 Å². The molecule has 4 heterocycles. The molecule has 2 saturated heterocycles. The van der Waals surface area contributed by atoms with E-state index in [0.29, 0.717) is 6.04 Å². The molecule has 0 atom stereocenters. The van der Waals surface area contributed by atoms with E-state index in [2.05, 4.69) is 62.8 Å². The van der Waals surface area contributed by atoms with Crippen molar-refractivity contribution in [2.24, 2.45) is 4.99 Å². The maximum Gasteiger partial charge on any atom is 0.191 e. The molecule has 2 aliphatic heterocycles. The molecule has 4 rings (SSSR count). The molecule has 2 aromatic rings. The van der Waals surface area contributed by atoms with Crippen molar-refractivity contribution in [3.63, 3.8) is 0 Å². The standard InChI is InChI=1S/C23H35N7S/c1-3-24-22(25-12-9-20-17-31-23(28-20)30-13-4-5-14-30)27-19-10-15-29(16-11-19)21-8-6-7-18(2)26-21/h6-8,17,19H,3-5,9-16H2,1-2H3,(H2,24,25,27). The predicted octanol–water partition coefficient (Wildman–Crippen LogP) is 3.21. The lowest BCUT2D eigenvalue weighted by atomic mass is 10.1. The summed E-state index contributed by atoms with van der Waals surface area (Å²) in [7, 11) is 0. The number of pyridine rings is 1. The van der Waals surface area contributed by atoms with Crippen LogP contribution in [-0.4, -0.2) is 61.2 Å². The second-order valence-corrected chi connectivity index (χ2v) is 9.21. The van der Waals surface area contributed by atoms with Crippen LogP contribution in [0.4, 0.5) is 10.9 Å². The van der Waals surface area contributed by atoms with Crippen molar-refractivity contribution >= 4 is 28.2 Å². The molecule has 0 unspecified atom stereocenters. The van der Waals surface area contributed by atoms with E-state index in [1.54, 1.807) is 11.3 Å². The molecule has 0 spiro atoms. The molecule has 168 valence electrons. The first-order valence-corrected chi connectivity index (χ1v) is 12.5. The molecule has 2 aliphatic rings. The molecule has 0 aliphatic carbocycles. The minimum Gasteiger partial charge on any atom is -0.357 e. The fourth-order valence-electron chi connectivity index (χ4n) is 4.22. The van der Waals surface area contributed by atoms with Gasteiger partial charge in [-0.2, -0.15) is 0 Å². The fourth-order valence-corrected chi connectivity index (χ4v) is 5.13. The van der Waals surface area contributed by atoms with Gasteiger partial charge in [-0.05, 0) is 51.7 Å². The van der Waals surface area contributed by atoms with E-state index in [0.717, 1.165) is 81.7 Å². The quantitative estimate of drug-likeness (QED) is 0.508. The molecule has 0 bridgehead atoms. The van der Waals surface area contributed by atoms with Gasteiger partial charge in [-0.25, -0.2) is 9.97 Å². The van der Waals surface area contributed by atoms with Gasteiger partial charge >= 0.3 is 0 Å². The lowest BCUT2D eigenvalue weighted by Gasteiger charge is -2.34. The largest absolute Gasteiger partial charge is 0.357 e. The monoisotopic (exact) mass is 441 g/mol. The summed E-state index contributed by atoms with van der Waals surface area (Å²) in [6, 6.07) is 6.70. The van der Waals surface area contributed by atoms with Crippen molar-refractivity contribution in [2.45, 2.75) is 52.0 Å². The first-order valence-electron chi connectivity index (χ1n) is 11.6. The number of piperidine rings is 1. The Hall–Kier alpha value is -2.35. The Morgan fingerprint density at radius 2 is 1.94 bits per heavy atom. The number of nitrogens with zero attached hydrogens (tertiary/aromatic N) is 5. The minimum atomic E-state index is 0.444. The Balaban J connectivity index is 1.25. The van der Waals surface area contributed by atoms with Crippen molar-refractivity contribution in [2.75, 3.05) is 49.1 Å². The highest BCUT2D eigenvalue weighted by Gasteiger charge is 2.21. The number of thiazole rings is 1. The van der Waals surface area contributed by atoms with Gasteiger partial charge in [-0.1, -0.05) is 6.07 Å². The smallest absolute Gasteiger partial charge is 0.191 e. The summed E-state index contributed by atoms with van der Waals surface area (Å²) in [5.74, 6) is 2.01. The number of aliphatic imine (C=N–C) groups is 1. The van der Waals surface area contributed by atoms with Crippen LogP contribution in [0, 0.1) is 6.92 Å². The Labute approximate surface area is 190 Å². The summed E-state index contributed by atoms with van der Waals surface area (Å²) in [5.41, 5.74) is 2.23. The van der Waals surface area contributed by atoms with Gasteiger partial charge in [0.1, 0.15) is 5.82 Å². The average Bonchev–Trinajstić information content (AvgIpc) is 3.46. The topological polar surface area (TPSA) is 68.7 Å². The van der Waals surface area contributed by atoms with E-state index in [9.17, 15) is 0 Å². The minimum absolute atomic E-state index is 0.444. The zero-order chi connectivity index (χ0) is 21.5. The van der Waals surface area contributed by atoms with Crippen LogP contribution in [0.2, 0.25) is 0 Å². The normalized spacial score (nSPS) is 17.9. The van der Waals surface area contributed by atoms with Crippen LogP contribution in [0.5, 0.6) is 0 Å². The van der Waals surface area contributed by atoms with Crippen LogP contribution in [-0.2, 0) is 6.42 Å². The van der Waals surface area contributed by atoms with Crippen molar-refractivity contribution < 1.29 is 0 Å². The van der Waals surface area contributed by atoms with Crippen LogP contribution < -0.4 is 20.4 Å². The van der Waals surface area contributed by atoms with Crippen molar-refractivity contribution in [1.82, 2.24) is 20.6 Å². The van der Waals surface area contributed by atoms with E-state index < -0.39 is 0 Å². The molecule has 2 aromatic heterocycles. The molecular formula is C23H35N7S. The maximum atomic E-state index is 4.82. The van der Waals surface area contributed by atoms with Crippen molar-refractivity contribution in [1.29, 1.82) is 0 Å². The number of rotatable bonds is 7. The number of nitrogens with one attached hydrogen (secondary N) is 2. The van der Waals surface area contributed by atoms with Crippen molar-refractivity contribution in [3.05, 3.63) is 35.0 Å². The van der Waals surface area contributed by atoms with E-state index in [1.807, 2.05) is 0 Å². The lowest BCUT2D eigenvalue weighted by molar-refractivity contribution is 0.459. The molecule has 0 amide bonds. The Bertz CT molecular complexity index is 851. The van der Waals surface area contributed by atoms with E-state index in [4.69, 9.17) is 9.98 Å². The summed E-state index contributed by atoms with van der Waals surface area (Å²) >= 11 is 1.77. The highest BCUT2D eigenvalue weighted by atomic mass is 32.1. The second kappa shape index (κ2) is 10.8. The van der Waals surface area contributed by atoms with Crippen LogP contribution in [0.1, 0.15) is 44.0 Å². The van der Waals surface area contributed by atoms with E-state index in [-0.39, 0.29) is 0 Å². The van der Waals surface area contributed by atoms with Gasteiger partial charge < -0.3 is 20.4 Å². The first kappa shape index (κ1) is 21.9. The Kier molecular flexibility index (Phi) is 7.61. The van der Waals surface area contributed by atoms with E-state index >= 15 is 0 Å². The van der Waals surface area contributed by atoms with Crippen LogP contribution in [0.25, 0.3) is 0 Å².